The number of hydrogen-bond donors (Lipinski definition) is 1. The van der Waals surface area contributed by atoms with Gasteiger partial charge in [0.05, 0.1) is 45.5 Å². The second kappa shape index (κ2) is 28.1. The number of aliphatic hydroxyl groups is 1. The zero-order chi connectivity index (χ0) is 41.5. The molecule has 326 valence electrons. The molecule has 0 radical (unpaired) electrons. The van der Waals surface area contributed by atoms with Crippen molar-refractivity contribution in [1.29, 1.82) is 0 Å². The quantitative estimate of drug-likeness (QED) is 0.0571. The fourth-order valence-corrected chi connectivity index (χ4v) is 6.63. The van der Waals surface area contributed by atoms with Crippen LogP contribution < -0.4 is 0 Å². The number of amides is 4. The van der Waals surface area contributed by atoms with Crippen molar-refractivity contribution in [2.24, 2.45) is 0 Å². The van der Waals surface area contributed by atoms with Crippen LogP contribution in [0, 0.1) is 0 Å². The highest BCUT2D eigenvalue weighted by Gasteiger charge is 2.31. The molecule has 0 bridgehead atoms. The fraction of sp³-hybridized carbons (Fsp3) is 0.902. The SMILES string of the molecule is CCN(C)N(CC(O)CN(C(=O)CCCCCCCCC(=O)N(CC1CO1)N(C)CC)N(C)CC)C(=O)CCCCCCCCC(=O)N(CC1CO1)N(C)CC. The van der Waals surface area contributed by atoms with Crippen molar-refractivity contribution >= 4 is 23.6 Å². The van der Waals surface area contributed by atoms with E-state index < -0.39 is 6.10 Å². The maximum absolute atomic E-state index is 13.3. The van der Waals surface area contributed by atoms with Crippen LogP contribution in [0.5, 0.6) is 0 Å². The van der Waals surface area contributed by atoms with E-state index in [2.05, 4.69) is 0 Å². The normalized spacial score (nSPS) is 16.8. The number of carbonyl (C=O) groups excluding carboxylic acids is 4. The van der Waals surface area contributed by atoms with Crippen LogP contribution in [0.2, 0.25) is 0 Å². The van der Waals surface area contributed by atoms with E-state index >= 15 is 0 Å². The molecule has 0 aromatic rings. The van der Waals surface area contributed by atoms with E-state index in [4.69, 9.17) is 9.47 Å². The number of unbranched alkanes of at least 4 members (excludes halogenated alkanes) is 10. The predicted molar refractivity (Wildman–Crippen MR) is 219 cm³/mol. The summed E-state index contributed by atoms with van der Waals surface area (Å²) < 4.78 is 10.7. The first-order chi connectivity index (χ1) is 26.9. The highest BCUT2D eigenvalue weighted by atomic mass is 16.6. The standard InChI is InChI=1S/C41H80N8O7/c1-9-42(5)46(38(51)25-21-17-13-15-19-23-27-40(53)48(44(7)11-3)31-36-33-55-36)29-35(50)30-47(43(6)10-2)39(52)26-22-18-14-16-20-24-28-41(54)49(45(8)12-4)32-37-34-56-37/h35-37,50H,9-34H2,1-8H3. The summed E-state index contributed by atoms with van der Waals surface area (Å²) in [7, 11) is 7.59. The smallest absolute Gasteiger partial charge is 0.236 e. The first-order valence-corrected chi connectivity index (χ1v) is 21.8. The minimum absolute atomic E-state index is 0.0247. The predicted octanol–water partition coefficient (Wildman–Crippen LogP) is 4.17. The third-order valence-electron chi connectivity index (χ3n) is 11.0. The van der Waals surface area contributed by atoms with Crippen LogP contribution in [0.15, 0.2) is 0 Å². The van der Waals surface area contributed by atoms with Gasteiger partial charge in [-0.25, -0.2) is 20.0 Å². The van der Waals surface area contributed by atoms with Crippen molar-refractivity contribution in [3.05, 3.63) is 0 Å². The van der Waals surface area contributed by atoms with Gasteiger partial charge < -0.3 is 14.6 Å². The Bertz CT molecular complexity index is 1040. The number of hydrazine groups is 4. The van der Waals surface area contributed by atoms with Crippen molar-refractivity contribution in [2.45, 2.75) is 149 Å². The van der Waals surface area contributed by atoms with Gasteiger partial charge in [0.2, 0.25) is 23.6 Å². The van der Waals surface area contributed by atoms with E-state index in [0.29, 0.717) is 51.9 Å². The van der Waals surface area contributed by atoms with E-state index in [0.717, 1.165) is 103 Å². The molecule has 4 amide bonds. The summed E-state index contributed by atoms with van der Waals surface area (Å²) in [5.74, 6) is 0.254. The van der Waals surface area contributed by atoms with Gasteiger partial charge in [0.15, 0.2) is 0 Å². The Morgan fingerprint density at radius 1 is 0.464 bits per heavy atom. The van der Waals surface area contributed by atoms with Crippen LogP contribution in [0.25, 0.3) is 0 Å². The van der Waals surface area contributed by atoms with Gasteiger partial charge in [-0.3, -0.25) is 39.2 Å². The Labute approximate surface area is 339 Å². The number of carbonyl (C=O) groups is 4. The molecule has 0 saturated carbocycles. The number of hydrogen-bond acceptors (Lipinski definition) is 11. The van der Waals surface area contributed by atoms with Crippen LogP contribution >= 0.6 is 0 Å². The molecular formula is C41H80N8O7. The highest BCUT2D eigenvalue weighted by molar-refractivity contribution is 5.77. The van der Waals surface area contributed by atoms with Gasteiger partial charge in [0.25, 0.3) is 0 Å². The van der Waals surface area contributed by atoms with E-state index in [1.807, 2.05) is 85.9 Å². The Morgan fingerprint density at radius 2 is 0.696 bits per heavy atom. The lowest BCUT2D eigenvalue weighted by atomic mass is 10.1. The van der Waals surface area contributed by atoms with Crippen LogP contribution in [0.4, 0.5) is 0 Å². The maximum Gasteiger partial charge on any atom is 0.236 e. The summed E-state index contributed by atoms with van der Waals surface area (Å²) in [5.41, 5.74) is 0. The molecule has 0 spiro atoms. The Hall–Kier alpha value is -2.40. The van der Waals surface area contributed by atoms with Gasteiger partial charge in [-0.2, -0.15) is 0 Å². The summed E-state index contributed by atoms with van der Waals surface area (Å²) in [4.78, 5) is 52.2. The summed E-state index contributed by atoms with van der Waals surface area (Å²) in [6.07, 6.45) is 12.5. The van der Waals surface area contributed by atoms with Crippen LogP contribution in [0.3, 0.4) is 0 Å². The van der Waals surface area contributed by atoms with Crippen molar-refractivity contribution in [3.8, 4) is 0 Å². The molecule has 0 aliphatic carbocycles. The Morgan fingerprint density at radius 3 is 0.946 bits per heavy atom. The van der Waals surface area contributed by atoms with Crippen LogP contribution in [-0.4, -0.2) is 181 Å². The molecule has 0 aromatic heterocycles. The van der Waals surface area contributed by atoms with Crippen molar-refractivity contribution in [2.75, 3.05) is 93.8 Å². The molecule has 1 N–H and O–H groups in total. The molecule has 2 unspecified atom stereocenters. The molecule has 2 heterocycles. The second-order valence-corrected chi connectivity index (χ2v) is 15.6. The summed E-state index contributed by atoms with van der Waals surface area (Å²) in [6, 6.07) is 0. The number of ether oxygens (including phenoxy) is 2. The molecule has 2 aliphatic rings. The lowest BCUT2D eigenvalue weighted by Crippen LogP contribution is -2.53. The maximum atomic E-state index is 13.3. The number of nitrogens with zero attached hydrogens (tertiary/aromatic N) is 8. The first kappa shape index (κ1) is 49.7. The molecule has 15 heteroatoms. The molecule has 2 saturated heterocycles. The van der Waals surface area contributed by atoms with Crippen molar-refractivity contribution in [3.63, 3.8) is 0 Å². The van der Waals surface area contributed by atoms with Gasteiger partial charge in [0, 0.05) is 80.1 Å². The highest BCUT2D eigenvalue weighted by Crippen LogP contribution is 2.18. The summed E-state index contributed by atoms with van der Waals surface area (Å²) in [6.45, 7) is 13.8. The van der Waals surface area contributed by atoms with E-state index in [1.165, 1.54) is 0 Å². The van der Waals surface area contributed by atoms with E-state index in [1.54, 1.807) is 10.0 Å². The molecule has 2 rings (SSSR count). The molecule has 0 aromatic carbocycles. The van der Waals surface area contributed by atoms with E-state index in [9.17, 15) is 24.3 Å². The summed E-state index contributed by atoms with van der Waals surface area (Å²) >= 11 is 0. The van der Waals surface area contributed by atoms with Gasteiger partial charge in [0.1, 0.15) is 12.2 Å². The number of rotatable bonds is 34. The topological polar surface area (TPSA) is 139 Å². The minimum atomic E-state index is -0.897. The molecule has 15 nitrogen and oxygen atoms in total. The first-order valence-electron chi connectivity index (χ1n) is 21.8. The molecular weight excluding hydrogens is 716 g/mol. The van der Waals surface area contributed by atoms with Crippen LogP contribution in [-0.2, 0) is 28.7 Å². The second-order valence-electron chi connectivity index (χ2n) is 15.6. The monoisotopic (exact) mass is 797 g/mol. The lowest BCUT2D eigenvalue weighted by molar-refractivity contribution is -0.156. The van der Waals surface area contributed by atoms with Crippen molar-refractivity contribution < 1.29 is 33.8 Å². The minimum Gasteiger partial charge on any atom is -0.389 e. The van der Waals surface area contributed by atoms with Gasteiger partial charge in [-0.05, 0) is 25.7 Å². The Kier molecular flexibility index (Phi) is 25.0. The largest absolute Gasteiger partial charge is 0.389 e. The van der Waals surface area contributed by atoms with E-state index in [-0.39, 0.29) is 48.9 Å². The van der Waals surface area contributed by atoms with Crippen molar-refractivity contribution in [1.82, 2.24) is 40.1 Å². The Balaban J connectivity index is 1.67. The fourth-order valence-electron chi connectivity index (χ4n) is 6.63. The van der Waals surface area contributed by atoms with Gasteiger partial charge >= 0.3 is 0 Å². The number of aliphatic hydroxyl groups excluding tert-OH is 1. The molecule has 2 atom stereocenters. The average molecular weight is 797 g/mol. The van der Waals surface area contributed by atoms with Gasteiger partial charge in [-0.15, -0.1) is 0 Å². The molecule has 2 aliphatic heterocycles. The zero-order valence-corrected chi connectivity index (χ0v) is 36.6. The summed E-state index contributed by atoms with van der Waals surface area (Å²) in [5, 5.41) is 25.7. The molecule has 2 fully saturated rings. The third-order valence-corrected chi connectivity index (χ3v) is 11.0. The average Bonchev–Trinajstić information content (AvgIpc) is 4.14. The zero-order valence-electron chi connectivity index (χ0n) is 36.6. The lowest BCUT2D eigenvalue weighted by Gasteiger charge is -2.36. The number of epoxide rings is 2. The van der Waals surface area contributed by atoms with Crippen LogP contribution in [0.1, 0.15) is 130 Å². The third kappa shape index (κ3) is 19.8. The molecule has 56 heavy (non-hydrogen) atoms. The van der Waals surface area contributed by atoms with Gasteiger partial charge in [-0.1, -0.05) is 79.1 Å².